The molecule has 1 aromatic carbocycles. The van der Waals surface area contributed by atoms with Crippen LogP contribution in [0.1, 0.15) is 39.4 Å². The number of nitrogens with zero attached hydrogens (tertiary/aromatic N) is 5. The molecule has 0 saturated carbocycles. The van der Waals surface area contributed by atoms with Crippen molar-refractivity contribution in [3.05, 3.63) is 39.3 Å². The smallest absolute Gasteiger partial charge is 0.286 e. The molecule has 2 aromatic rings. The average Bonchev–Trinajstić information content (AvgIpc) is 3.35. The number of benzene rings is 1. The Morgan fingerprint density at radius 1 is 1.03 bits per heavy atom. The second kappa shape index (κ2) is 10.6. The first-order valence-corrected chi connectivity index (χ1v) is 12.3. The SMILES string of the molecule is CCN1CCN(C(=O)C2CCCN(C(=O)c3nnc(C(=O)Nc4ccc(Cl)cc4)s3)C2)CC1. The van der Waals surface area contributed by atoms with E-state index in [0.717, 1.165) is 56.9 Å². The minimum absolute atomic E-state index is 0.103. The third-order valence-corrected chi connectivity index (χ3v) is 7.26. The summed E-state index contributed by atoms with van der Waals surface area (Å²) in [6, 6.07) is 6.70. The molecular weight excluding hydrogens is 464 g/mol. The first-order chi connectivity index (χ1) is 15.9. The molecule has 3 amide bonds. The number of likely N-dealkylation sites (N-methyl/N-ethyl adjacent to an activating group) is 1. The molecule has 1 atom stereocenters. The number of anilines is 1. The Morgan fingerprint density at radius 2 is 1.73 bits per heavy atom. The Balaban J connectivity index is 1.35. The van der Waals surface area contributed by atoms with Gasteiger partial charge in [-0.3, -0.25) is 14.4 Å². The van der Waals surface area contributed by atoms with Gasteiger partial charge < -0.3 is 20.0 Å². The third-order valence-electron chi connectivity index (χ3n) is 6.09. The normalized spacial score (nSPS) is 19.4. The van der Waals surface area contributed by atoms with Gasteiger partial charge in [0.05, 0.1) is 5.92 Å². The zero-order chi connectivity index (χ0) is 23.4. The van der Waals surface area contributed by atoms with Crippen LogP contribution in [0.25, 0.3) is 0 Å². The number of rotatable bonds is 5. The van der Waals surface area contributed by atoms with Crippen molar-refractivity contribution >= 4 is 46.3 Å². The Bertz CT molecular complexity index is 1010. The van der Waals surface area contributed by atoms with Crippen molar-refractivity contribution in [2.45, 2.75) is 19.8 Å². The molecule has 1 unspecified atom stereocenters. The predicted molar refractivity (Wildman–Crippen MR) is 127 cm³/mol. The Morgan fingerprint density at radius 3 is 2.42 bits per heavy atom. The van der Waals surface area contributed by atoms with Gasteiger partial charge in [-0.1, -0.05) is 29.9 Å². The molecule has 0 radical (unpaired) electrons. The van der Waals surface area contributed by atoms with E-state index in [-0.39, 0.29) is 27.7 Å². The summed E-state index contributed by atoms with van der Waals surface area (Å²) in [6.07, 6.45) is 1.54. The fraction of sp³-hybridized carbons (Fsp3) is 0.500. The number of carbonyl (C=O) groups excluding carboxylic acids is 3. The fourth-order valence-electron chi connectivity index (χ4n) is 4.16. The molecule has 33 heavy (non-hydrogen) atoms. The van der Waals surface area contributed by atoms with Crippen LogP contribution in [-0.4, -0.2) is 88.4 Å². The van der Waals surface area contributed by atoms with Crippen molar-refractivity contribution < 1.29 is 14.4 Å². The van der Waals surface area contributed by atoms with Crippen LogP contribution in [0, 0.1) is 5.92 Å². The van der Waals surface area contributed by atoms with Gasteiger partial charge in [0, 0.05) is 50.0 Å². The van der Waals surface area contributed by atoms with Crippen molar-refractivity contribution in [2.75, 3.05) is 51.1 Å². The van der Waals surface area contributed by atoms with E-state index >= 15 is 0 Å². The lowest BCUT2D eigenvalue weighted by Gasteiger charge is -2.38. The van der Waals surface area contributed by atoms with Crippen molar-refractivity contribution in [1.82, 2.24) is 24.9 Å². The third kappa shape index (κ3) is 5.69. The number of amides is 3. The highest BCUT2D eigenvalue weighted by molar-refractivity contribution is 7.15. The number of likely N-dealkylation sites (tertiary alicyclic amines) is 1. The molecule has 176 valence electrons. The molecule has 1 N–H and O–H groups in total. The maximum absolute atomic E-state index is 13.0. The van der Waals surface area contributed by atoms with E-state index in [9.17, 15) is 14.4 Å². The quantitative estimate of drug-likeness (QED) is 0.691. The molecule has 2 fully saturated rings. The second-order valence-corrected chi connectivity index (χ2v) is 9.64. The lowest BCUT2D eigenvalue weighted by molar-refractivity contribution is -0.138. The van der Waals surface area contributed by atoms with Crippen LogP contribution in [-0.2, 0) is 4.79 Å². The highest BCUT2D eigenvalue weighted by atomic mass is 35.5. The van der Waals surface area contributed by atoms with Gasteiger partial charge in [-0.05, 0) is 43.7 Å². The first kappa shape index (κ1) is 23.6. The molecule has 2 aliphatic heterocycles. The van der Waals surface area contributed by atoms with Gasteiger partial charge in [0.15, 0.2) is 0 Å². The molecule has 0 aliphatic carbocycles. The topological polar surface area (TPSA) is 98.7 Å². The van der Waals surface area contributed by atoms with E-state index in [4.69, 9.17) is 11.6 Å². The molecule has 0 bridgehead atoms. The predicted octanol–water partition coefficient (Wildman–Crippen LogP) is 2.46. The van der Waals surface area contributed by atoms with E-state index in [1.165, 1.54) is 0 Å². The monoisotopic (exact) mass is 490 g/mol. The summed E-state index contributed by atoms with van der Waals surface area (Å²) in [5.74, 6) is -0.793. The molecule has 11 heteroatoms. The van der Waals surface area contributed by atoms with Gasteiger partial charge in [0.1, 0.15) is 0 Å². The Hall–Kier alpha value is -2.56. The highest BCUT2D eigenvalue weighted by Crippen LogP contribution is 2.23. The van der Waals surface area contributed by atoms with Gasteiger partial charge in [-0.15, -0.1) is 10.2 Å². The van der Waals surface area contributed by atoms with E-state index in [1.807, 2.05) is 4.90 Å². The van der Waals surface area contributed by atoms with Crippen LogP contribution in [0.2, 0.25) is 5.02 Å². The van der Waals surface area contributed by atoms with Crippen LogP contribution in [0.4, 0.5) is 5.69 Å². The fourth-order valence-corrected chi connectivity index (χ4v) is 4.99. The maximum atomic E-state index is 13.0. The van der Waals surface area contributed by atoms with Crippen molar-refractivity contribution in [3.8, 4) is 0 Å². The lowest BCUT2D eigenvalue weighted by atomic mass is 9.96. The molecule has 2 saturated heterocycles. The van der Waals surface area contributed by atoms with Crippen LogP contribution in [0.3, 0.4) is 0 Å². The molecule has 9 nitrogen and oxygen atoms in total. The largest absolute Gasteiger partial charge is 0.340 e. The van der Waals surface area contributed by atoms with E-state index < -0.39 is 5.91 Å². The molecule has 4 rings (SSSR count). The Labute approximate surface area is 201 Å². The number of piperazine rings is 1. The number of halogens is 1. The Kier molecular flexibility index (Phi) is 7.56. The number of piperidine rings is 1. The molecule has 0 spiro atoms. The van der Waals surface area contributed by atoms with Gasteiger partial charge in [-0.25, -0.2) is 0 Å². The minimum Gasteiger partial charge on any atom is -0.340 e. The van der Waals surface area contributed by atoms with Crippen molar-refractivity contribution in [2.24, 2.45) is 5.92 Å². The van der Waals surface area contributed by atoms with Gasteiger partial charge in [0.25, 0.3) is 11.8 Å². The standard InChI is InChI=1S/C22H27ClN6O3S/c1-2-27-10-12-28(13-11-27)21(31)15-4-3-9-29(14-15)22(32)20-26-25-19(33-20)18(30)24-17-7-5-16(23)6-8-17/h5-8,15H,2-4,9-14H2,1H3,(H,24,30). The van der Waals surface area contributed by atoms with Crippen LogP contribution in [0.5, 0.6) is 0 Å². The maximum Gasteiger partial charge on any atom is 0.286 e. The zero-order valence-electron chi connectivity index (χ0n) is 18.5. The number of carbonyl (C=O) groups is 3. The molecule has 1 aromatic heterocycles. The summed E-state index contributed by atoms with van der Waals surface area (Å²) in [7, 11) is 0. The van der Waals surface area contributed by atoms with Crippen LogP contribution < -0.4 is 5.32 Å². The summed E-state index contributed by atoms with van der Waals surface area (Å²) in [4.78, 5) is 44.4. The summed E-state index contributed by atoms with van der Waals surface area (Å²) >= 11 is 6.82. The summed E-state index contributed by atoms with van der Waals surface area (Å²) in [5.41, 5.74) is 0.574. The van der Waals surface area contributed by atoms with Gasteiger partial charge >= 0.3 is 0 Å². The minimum atomic E-state index is -0.438. The first-order valence-electron chi connectivity index (χ1n) is 11.2. The number of nitrogens with one attached hydrogen (secondary N) is 1. The van der Waals surface area contributed by atoms with Crippen LogP contribution in [0.15, 0.2) is 24.3 Å². The van der Waals surface area contributed by atoms with Crippen molar-refractivity contribution in [1.29, 1.82) is 0 Å². The number of aromatic nitrogens is 2. The molecule has 2 aliphatic rings. The summed E-state index contributed by atoms with van der Waals surface area (Å²) in [6.45, 7) is 7.32. The molecule has 3 heterocycles. The highest BCUT2D eigenvalue weighted by Gasteiger charge is 2.34. The number of hydrogen-bond acceptors (Lipinski definition) is 7. The lowest BCUT2D eigenvalue weighted by Crippen LogP contribution is -2.52. The number of hydrogen-bond donors (Lipinski definition) is 1. The summed E-state index contributed by atoms with van der Waals surface area (Å²) < 4.78 is 0. The average molecular weight is 491 g/mol. The van der Waals surface area contributed by atoms with Gasteiger partial charge in [-0.2, -0.15) is 0 Å². The summed E-state index contributed by atoms with van der Waals surface area (Å²) in [5, 5.41) is 11.4. The van der Waals surface area contributed by atoms with E-state index in [0.29, 0.717) is 23.8 Å². The van der Waals surface area contributed by atoms with E-state index in [1.54, 1.807) is 29.2 Å². The van der Waals surface area contributed by atoms with Crippen molar-refractivity contribution in [3.63, 3.8) is 0 Å². The molecular formula is C22H27ClN6O3S. The van der Waals surface area contributed by atoms with Gasteiger partial charge in [0.2, 0.25) is 15.9 Å². The van der Waals surface area contributed by atoms with Crippen LogP contribution >= 0.6 is 22.9 Å². The van der Waals surface area contributed by atoms with E-state index in [2.05, 4.69) is 27.3 Å². The zero-order valence-corrected chi connectivity index (χ0v) is 20.1. The second-order valence-electron chi connectivity index (χ2n) is 8.22.